The molecule has 0 amide bonds. The fourth-order valence-electron chi connectivity index (χ4n) is 2.37. The molecule has 0 unspecified atom stereocenters. The van der Waals surface area contributed by atoms with Gasteiger partial charge in [-0.3, -0.25) is 4.98 Å². The van der Waals surface area contributed by atoms with E-state index in [1.165, 1.54) is 7.11 Å². The van der Waals surface area contributed by atoms with Gasteiger partial charge in [0.05, 0.1) is 12.7 Å². The second kappa shape index (κ2) is 6.83. The van der Waals surface area contributed by atoms with Crippen molar-refractivity contribution in [1.82, 2.24) is 4.98 Å². The van der Waals surface area contributed by atoms with Gasteiger partial charge in [0.15, 0.2) is 18.9 Å². The minimum atomic E-state index is -0.314. The molecule has 0 spiro atoms. The number of hydrogen-bond acceptors (Lipinski definition) is 3. The summed E-state index contributed by atoms with van der Waals surface area (Å²) in [5, 5.41) is 0. The number of carbonyl (C=O) groups excluding carboxylic acids is 1. The lowest BCUT2D eigenvalue weighted by atomic mass is 10.1. The largest absolute Gasteiger partial charge is 0.465 e. The summed E-state index contributed by atoms with van der Waals surface area (Å²) in [5.74, 6) is -0.314. The van der Waals surface area contributed by atoms with Crippen molar-refractivity contribution in [3.63, 3.8) is 0 Å². The van der Waals surface area contributed by atoms with Gasteiger partial charge >= 0.3 is 5.97 Å². The number of carbonyl (C=O) groups is 1. The molecule has 2 aromatic heterocycles. The van der Waals surface area contributed by atoms with E-state index < -0.39 is 0 Å². The average Bonchev–Trinajstić information content (AvgIpc) is 2.63. The van der Waals surface area contributed by atoms with Gasteiger partial charge in [0.25, 0.3) is 0 Å². The lowest BCUT2D eigenvalue weighted by Gasteiger charge is -2.02. The van der Waals surface area contributed by atoms with Crippen molar-refractivity contribution in [3.05, 3.63) is 84.4 Å². The molecule has 3 aromatic rings. The number of esters is 1. The van der Waals surface area contributed by atoms with Crippen molar-refractivity contribution in [1.29, 1.82) is 0 Å². The molecule has 0 aliphatic heterocycles. The van der Waals surface area contributed by atoms with Crippen LogP contribution >= 0.6 is 0 Å². The molecule has 3 rings (SSSR count). The van der Waals surface area contributed by atoms with E-state index in [4.69, 9.17) is 4.74 Å². The van der Waals surface area contributed by atoms with Crippen LogP contribution in [0.3, 0.4) is 0 Å². The Morgan fingerprint density at radius 2 is 1.57 bits per heavy atom. The molecule has 0 atom stereocenters. The van der Waals surface area contributed by atoms with Crippen molar-refractivity contribution in [2.75, 3.05) is 7.11 Å². The first-order valence-corrected chi connectivity index (χ1v) is 7.33. The average molecular weight is 305 g/mol. The van der Waals surface area contributed by atoms with E-state index in [0.29, 0.717) is 5.56 Å². The summed E-state index contributed by atoms with van der Waals surface area (Å²) in [4.78, 5) is 15.5. The van der Waals surface area contributed by atoms with Crippen LogP contribution in [0.5, 0.6) is 0 Å². The van der Waals surface area contributed by atoms with Crippen molar-refractivity contribution in [2.45, 2.75) is 6.54 Å². The van der Waals surface area contributed by atoms with Crippen LogP contribution < -0.4 is 4.57 Å². The van der Waals surface area contributed by atoms with Crippen molar-refractivity contribution < 1.29 is 14.1 Å². The number of rotatable bonds is 4. The Balaban J connectivity index is 1.72. The lowest BCUT2D eigenvalue weighted by Crippen LogP contribution is -2.33. The summed E-state index contributed by atoms with van der Waals surface area (Å²) in [6, 6.07) is 15.6. The monoisotopic (exact) mass is 305 g/mol. The molecule has 0 bridgehead atoms. The molecular weight excluding hydrogens is 288 g/mol. The number of hydrogen-bond donors (Lipinski definition) is 0. The maximum absolute atomic E-state index is 11.4. The molecule has 4 heteroatoms. The quantitative estimate of drug-likeness (QED) is 0.550. The van der Waals surface area contributed by atoms with E-state index in [2.05, 4.69) is 21.7 Å². The highest BCUT2D eigenvalue weighted by molar-refractivity contribution is 5.89. The van der Waals surface area contributed by atoms with Crippen LogP contribution in [-0.4, -0.2) is 18.1 Å². The molecule has 0 fully saturated rings. The fourth-order valence-corrected chi connectivity index (χ4v) is 2.37. The van der Waals surface area contributed by atoms with E-state index in [1.807, 2.05) is 36.7 Å². The fraction of sp³-hybridized carbons (Fsp3) is 0.105. The van der Waals surface area contributed by atoms with Crippen LogP contribution in [-0.2, 0) is 11.3 Å². The number of nitrogens with zero attached hydrogens (tertiary/aromatic N) is 2. The summed E-state index contributed by atoms with van der Waals surface area (Å²) in [6.45, 7) is 0.748. The van der Waals surface area contributed by atoms with Gasteiger partial charge in [0.2, 0.25) is 0 Å². The Bertz CT molecular complexity index is 782. The highest BCUT2D eigenvalue weighted by Gasteiger charge is 2.07. The van der Waals surface area contributed by atoms with Crippen LogP contribution in [0.15, 0.2) is 73.3 Å². The zero-order chi connectivity index (χ0) is 16.1. The minimum absolute atomic E-state index is 0.314. The summed E-state index contributed by atoms with van der Waals surface area (Å²) in [5.41, 5.74) is 3.99. The summed E-state index contributed by atoms with van der Waals surface area (Å²) >= 11 is 0. The SMILES string of the molecule is COC(=O)c1ccc(C[n+]2ccc(-c3ccncc3)cc2)cc1. The third kappa shape index (κ3) is 3.61. The van der Waals surface area contributed by atoms with Crippen LogP contribution in [0.25, 0.3) is 11.1 Å². The molecular formula is C19H17N2O2+. The van der Waals surface area contributed by atoms with Crippen molar-refractivity contribution in [2.24, 2.45) is 0 Å². The molecule has 0 saturated heterocycles. The first-order valence-electron chi connectivity index (χ1n) is 7.33. The minimum Gasteiger partial charge on any atom is -0.465 e. The van der Waals surface area contributed by atoms with Gasteiger partial charge in [-0.25, -0.2) is 9.36 Å². The van der Waals surface area contributed by atoms with Crippen molar-refractivity contribution >= 4 is 5.97 Å². The predicted molar refractivity (Wildman–Crippen MR) is 86.8 cm³/mol. The third-order valence-electron chi connectivity index (χ3n) is 3.64. The zero-order valence-corrected chi connectivity index (χ0v) is 12.8. The highest BCUT2D eigenvalue weighted by atomic mass is 16.5. The predicted octanol–water partition coefficient (Wildman–Crippen LogP) is 2.87. The van der Waals surface area contributed by atoms with E-state index in [1.54, 1.807) is 24.5 Å². The maximum atomic E-state index is 11.4. The smallest absolute Gasteiger partial charge is 0.337 e. The van der Waals surface area contributed by atoms with Gasteiger partial charge in [-0.1, -0.05) is 12.1 Å². The van der Waals surface area contributed by atoms with Gasteiger partial charge in [-0.05, 0) is 35.4 Å². The number of methoxy groups -OCH3 is 1. The second-order valence-corrected chi connectivity index (χ2v) is 5.18. The molecule has 0 radical (unpaired) electrons. The van der Waals surface area contributed by atoms with E-state index in [-0.39, 0.29) is 5.97 Å². The normalized spacial score (nSPS) is 10.3. The van der Waals surface area contributed by atoms with Gasteiger partial charge in [-0.2, -0.15) is 0 Å². The van der Waals surface area contributed by atoms with Crippen LogP contribution in [0.4, 0.5) is 0 Å². The van der Waals surface area contributed by atoms with Gasteiger partial charge in [0.1, 0.15) is 0 Å². The third-order valence-corrected chi connectivity index (χ3v) is 3.64. The Kier molecular flexibility index (Phi) is 4.43. The summed E-state index contributed by atoms with van der Waals surface area (Å²) < 4.78 is 6.80. The molecule has 114 valence electrons. The number of pyridine rings is 2. The lowest BCUT2D eigenvalue weighted by molar-refractivity contribution is -0.688. The summed E-state index contributed by atoms with van der Waals surface area (Å²) in [7, 11) is 1.39. The maximum Gasteiger partial charge on any atom is 0.337 e. The summed E-state index contributed by atoms with van der Waals surface area (Å²) in [6.07, 6.45) is 7.67. The Hall–Kier alpha value is -3.01. The molecule has 1 aromatic carbocycles. The van der Waals surface area contributed by atoms with Crippen LogP contribution in [0.2, 0.25) is 0 Å². The Labute approximate surface area is 135 Å². The van der Waals surface area contributed by atoms with Gasteiger partial charge in [0, 0.05) is 30.1 Å². The molecule has 0 saturated carbocycles. The highest BCUT2D eigenvalue weighted by Crippen LogP contribution is 2.15. The van der Waals surface area contributed by atoms with E-state index in [9.17, 15) is 4.79 Å². The Morgan fingerprint density at radius 3 is 2.17 bits per heavy atom. The molecule has 23 heavy (non-hydrogen) atoms. The molecule has 0 aliphatic rings. The number of aromatic nitrogens is 2. The molecule has 4 nitrogen and oxygen atoms in total. The second-order valence-electron chi connectivity index (χ2n) is 5.18. The van der Waals surface area contributed by atoms with Gasteiger partial charge in [-0.15, -0.1) is 0 Å². The van der Waals surface area contributed by atoms with Gasteiger partial charge < -0.3 is 4.74 Å². The first kappa shape index (κ1) is 14.9. The molecule has 0 N–H and O–H groups in total. The van der Waals surface area contributed by atoms with Crippen molar-refractivity contribution in [3.8, 4) is 11.1 Å². The zero-order valence-electron chi connectivity index (χ0n) is 12.8. The standard InChI is InChI=1S/C19H17N2O2/c1-23-19(22)18-4-2-15(3-5-18)14-21-12-8-17(9-13-21)16-6-10-20-11-7-16/h2-13H,14H2,1H3/q+1. The molecule has 2 heterocycles. The topological polar surface area (TPSA) is 43.1 Å². The number of benzene rings is 1. The van der Waals surface area contributed by atoms with Crippen LogP contribution in [0, 0.1) is 0 Å². The molecule has 0 aliphatic carbocycles. The van der Waals surface area contributed by atoms with E-state index >= 15 is 0 Å². The number of ether oxygens (including phenoxy) is 1. The van der Waals surface area contributed by atoms with E-state index in [0.717, 1.165) is 23.2 Å². The van der Waals surface area contributed by atoms with Crippen LogP contribution in [0.1, 0.15) is 15.9 Å². The Morgan fingerprint density at radius 1 is 0.957 bits per heavy atom. The first-order chi connectivity index (χ1) is 11.3.